The van der Waals surface area contributed by atoms with Crippen LogP contribution in [0.3, 0.4) is 0 Å². The molecule has 0 aliphatic carbocycles. The third-order valence-corrected chi connectivity index (χ3v) is 4.43. The van der Waals surface area contributed by atoms with E-state index in [1.54, 1.807) is 17.5 Å². The number of aryl methyl sites for hydroxylation is 1. The number of nitrogens with zero attached hydrogens (tertiary/aromatic N) is 2. The normalized spacial score (nSPS) is 12.7. The van der Waals surface area contributed by atoms with Crippen LogP contribution in [0.2, 0.25) is 0 Å². The topological polar surface area (TPSA) is 37.8 Å². The van der Waals surface area contributed by atoms with Gasteiger partial charge in [-0.2, -0.15) is 0 Å². The Bertz CT molecular complexity index is 524. The van der Waals surface area contributed by atoms with Gasteiger partial charge in [-0.3, -0.25) is 4.98 Å². The molecule has 0 aliphatic rings. The maximum absolute atomic E-state index is 4.61. The maximum atomic E-state index is 4.61. The lowest BCUT2D eigenvalue weighted by Crippen LogP contribution is -2.11. The Labute approximate surface area is 113 Å². The van der Waals surface area contributed by atoms with E-state index >= 15 is 0 Å². The fourth-order valence-electron chi connectivity index (χ4n) is 1.59. The van der Waals surface area contributed by atoms with Crippen molar-refractivity contribution in [3.8, 4) is 10.6 Å². The molecule has 0 saturated heterocycles. The van der Waals surface area contributed by atoms with Crippen molar-refractivity contribution in [1.82, 2.24) is 15.3 Å². The first-order valence-electron chi connectivity index (χ1n) is 5.37. The molecule has 2 aromatic heterocycles. The van der Waals surface area contributed by atoms with Crippen LogP contribution in [0, 0.1) is 6.92 Å². The summed E-state index contributed by atoms with van der Waals surface area (Å²) in [4.78, 5) is 10.1. The fraction of sp³-hybridized carbons (Fsp3) is 0.333. The van der Waals surface area contributed by atoms with Gasteiger partial charge in [0.05, 0.1) is 5.69 Å². The third-order valence-electron chi connectivity index (χ3n) is 2.61. The molecule has 0 fully saturated rings. The molecule has 0 aliphatic heterocycles. The minimum Gasteiger partial charge on any atom is -0.312 e. The quantitative estimate of drug-likeness (QED) is 0.942. The van der Waals surface area contributed by atoms with Crippen molar-refractivity contribution in [1.29, 1.82) is 0 Å². The molecule has 2 rings (SSSR count). The molecule has 0 amide bonds. The summed E-state index contributed by atoms with van der Waals surface area (Å²) in [6.07, 6.45) is 3.62. The van der Waals surface area contributed by atoms with Gasteiger partial charge in [-0.15, -0.1) is 11.3 Å². The molecule has 0 aromatic carbocycles. The molecule has 3 nitrogen and oxygen atoms in total. The van der Waals surface area contributed by atoms with Crippen molar-refractivity contribution in [2.45, 2.75) is 19.9 Å². The Kier molecular flexibility index (Phi) is 3.91. The minimum atomic E-state index is 0.335. The highest BCUT2D eigenvalue weighted by atomic mass is 79.9. The van der Waals surface area contributed by atoms with E-state index in [-0.39, 0.29) is 0 Å². The maximum Gasteiger partial charge on any atom is 0.125 e. The van der Waals surface area contributed by atoms with E-state index in [1.165, 1.54) is 4.88 Å². The molecule has 1 N–H and O–H groups in total. The Hall–Kier alpha value is -0.780. The molecular formula is C12H14BrN3S. The number of aromatic nitrogens is 2. The standard InChI is InChI=1S/C12H14BrN3S/c1-7(14-3)11-8(2)16-12(17-11)9-4-10(13)6-15-5-9/h4-7,14H,1-3H3. The van der Waals surface area contributed by atoms with Crippen LogP contribution in [-0.4, -0.2) is 17.0 Å². The molecule has 2 aromatic rings. The van der Waals surface area contributed by atoms with Gasteiger partial charge < -0.3 is 5.32 Å². The second-order valence-corrected chi connectivity index (χ2v) is 5.82. The van der Waals surface area contributed by atoms with E-state index in [0.717, 1.165) is 20.7 Å². The van der Waals surface area contributed by atoms with E-state index in [1.807, 2.05) is 19.3 Å². The van der Waals surface area contributed by atoms with Crippen LogP contribution >= 0.6 is 27.3 Å². The highest BCUT2D eigenvalue weighted by molar-refractivity contribution is 9.10. The molecular weight excluding hydrogens is 298 g/mol. The summed E-state index contributed by atoms with van der Waals surface area (Å²) in [7, 11) is 1.96. The monoisotopic (exact) mass is 311 g/mol. The molecule has 0 spiro atoms. The van der Waals surface area contributed by atoms with Crippen molar-refractivity contribution in [3.05, 3.63) is 33.5 Å². The van der Waals surface area contributed by atoms with Gasteiger partial charge in [-0.05, 0) is 42.9 Å². The van der Waals surface area contributed by atoms with Gasteiger partial charge in [0.15, 0.2) is 0 Å². The van der Waals surface area contributed by atoms with Gasteiger partial charge in [-0.1, -0.05) is 0 Å². The van der Waals surface area contributed by atoms with Gasteiger partial charge in [0.2, 0.25) is 0 Å². The first-order chi connectivity index (χ1) is 8.11. The number of thiazole rings is 1. The zero-order valence-corrected chi connectivity index (χ0v) is 12.4. The minimum absolute atomic E-state index is 0.335. The SMILES string of the molecule is CNC(C)c1sc(-c2cncc(Br)c2)nc1C. The number of halogens is 1. The van der Waals surface area contributed by atoms with E-state index in [9.17, 15) is 0 Å². The number of pyridine rings is 1. The van der Waals surface area contributed by atoms with Gasteiger partial charge in [0.25, 0.3) is 0 Å². The number of hydrogen-bond acceptors (Lipinski definition) is 4. The average molecular weight is 312 g/mol. The Morgan fingerprint density at radius 3 is 2.82 bits per heavy atom. The summed E-state index contributed by atoms with van der Waals surface area (Å²) in [6.45, 7) is 4.19. The summed E-state index contributed by atoms with van der Waals surface area (Å²) in [5.41, 5.74) is 2.15. The van der Waals surface area contributed by atoms with Crippen LogP contribution in [0.1, 0.15) is 23.5 Å². The van der Waals surface area contributed by atoms with Crippen LogP contribution in [0.5, 0.6) is 0 Å². The van der Waals surface area contributed by atoms with E-state index in [4.69, 9.17) is 0 Å². The molecule has 90 valence electrons. The first kappa shape index (κ1) is 12.7. The fourth-order valence-corrected chi connectivity index (χ4v) is 3.07. The van der Waals surface area contributed by atoms with Gasteiger partial charge in [-0.25, -0.2) is 4.98 Å². The van der Waals surface area contributed by atoms with Crippen LogP contribution in [0.4, 0.5) is 0 Å². The lowest BCUT2D eigenvalue weighted by atomic mass is 10.2. The van der Waals surface area contributed by atoms with Crippen LogP contribution < -0.4 is 5.32 Å². The number of nitrogens with one attached hydrogen (secondary N) is 1. The van der Waals surface area contributed by atoms with Crippen molar-refractivity contribution >= 4 is 27.3 Å². The van der Waals surface area contributed by atoms with Crippen LogP contribution in [0.25, 0.3) is 10.6 Å². The molecule has 2 heterocycles. The molecule has 1 atom stereocenters. The Morgan fingerprint density at radius 1 is 1.41 bits per heavy atom. The van der Waals surface area contributed by atoms with Crippen molar-refractivity contribution in [3.63, 3.8) is 0 Å². The second-order valence-electron chi connectivity index (χ2n) is 3.87. The molecule has 5 heteroatoms. The van der Waals surface area contributed by atoms with E-state index in [2.05, 4.69) is 45.1 Å². The lowest BCUT2D eigenvalue weighted by molar-refractivity contribution is 0.658. The summed E-state index contributed by atoms with van der Waals surface area (Å²) in [5, 5.41) is 4.27. The van der Waals surface area contributed by atoms with Crippen molar-refractivity contribution in [2.75, 3.05) is 7.05 Å². The van der Waals surface area contributed by atoms with Gasteiger partial charge >= 0.3 is 0 Å². The Morgan fingerprint density at radius 2 is 2.18 bits per heavy atom. The number of rotatable bonds is 3. The molecule has 17 heavy (non-hydrogen) atoms. The largest absolute Gasteiger partial charge is 0.312 e. The summed E-state index contributed by atoms with van der Waals surface area (Å²) < 4.78 is 0.978. The average Bonchev–Trinajstić information content (AvgIpc) is 2.70. The number of hydrogen-bond donors (Lipinski definition) is 1. The molecule has 1 unspecified atom stereocenters. The smallest absolute Gasteiger partial charge is 0.125 e. The first-order valence-corrected chi connectivity index (χ1v) is 6.98. The van der Waals surface area contributed by atoms with Crippen molar-refractivity contribution in [2.24, 2.45) is 0 Å². The predicted molar refractivity (Wildman–Crippen MR) is 75.3 cm³/mol. The predicted octanol–water partition coefficient (Wildman–Crippen LogP) is 3.56. The van der Waals surface area contributed by atoms with E-state index in [0.29, 0.717) is 6.04 Å². The van der Waals surface area contributed by atoms with Crippen LogP contribution in [0.15, 0.2) is 22.9 Å². The molecule has 0 bridgehead atoms. The summed E-state index contributed by atoms with van der Waals surface area (Å²) >= 11 is 5.15. The van der Waals surface area contributed by atoms with Gasteiger partial charge in [0.1, 0.15) is 5.01 Å². The molecule has 0 radical (unpaired) electrons. The Balaban J connectivity index is 2.41. The molecule has 0 saturated carbocycles. The van der Waals surface area contributed by atoms with Gasteiger partial charge in [0, 0.05) is 33.3 Å². The zero-order chi connectivity index (χ0) is 12.4. The summed E-state index contributed by atoms with van der Waals surface area (Å²) in [6, 6.07) is 2.38. The van der Waals surface area contributed by atoms with E-state index < -0.39 is 0 Å². The van der Waals surface area contributed by atoms with Crippen LogP contribution in [-0.2, 0) is 0 Å². The highest BCUT2D eigenvalue weighted by Crippen LogP contribution is 2.32. The summed E-state index contributed by atoms with van der Waals surface area (Å²) in [5.74, 6) is 0. The third kappa shape index (κ3) is 2.73. The lowest BCUT2D eigenvalue weighted by Gasteiger charge is -2.06. The van der Waals surface area contributed by atoms with Crippen molar-refractivity contribution < 1.29 is 0 Å². The highest BCUT2D eigenvalue weighted by Gasteiger charge is 2.14. The second kappa shape index (κ2) is 5.25. The zero-order valence-electron chi connectivity index (χ0n) is 9.99.